The Kier molecular flexibility index (Phi) is 1.88. The quantitative estimate of drug-likeness (QED) is 0.655. The highest BCUT2D eigenvalue weighted by Crippen LogP contribution is 2.46. The Balaban J connectivity index is 1.88. The topological polar surface area (TPSA) is 83.8 Å². The van der Waals surface area contributed by atoms with Gasteiger partial charge >= 0.3 is 0 Å². The van der Waals surface area contributed by atoms with Crippen LogP contribution in [0.25, 0.3) is 0 Å². The number of nitrogens with zero attached hydrogens (tertiary/aromatic N) is 2. The normalized spacial score (nSPS) is 26.6. The fourth-order valence-corrected chi connectivity index (χ4v) is 2.93. The van der Waals surface area contributed by atoms with E-state index in [1.807, 2.05) is 0 Å². The van der Waals surface area contributed by atoms with Crippen molar-refractivity contribution in [1.29, 1.82) is 0 Å². The number of nitrogens with one attached hydrogen (secondary N) is 1. The number of aromatic hydroxyl groups is 1. The van der Waals surface area contributed by atoms with Crippen LogP contribution in [-0.4, -0.2) is 45.5 Å². The molecule has 0 aromatic carbocycles. The Labute approximate surface area is 108 Å². The van der Waals surface area contributed by atoms with Gasteiger partial charge in [0.15, 0.2) is 11.4 Å². The van der Waals surface area contributed by atoms with Crippen molar-refractivity contribution in [2.75, 3.05) is 18.6 Å². The van der Waals surface area contributed by atoms with E-state index in [0.29, 0.717) is 13.2 Å². The molecule has 1 aromatic rings. The van der Waals surface area contributed by atoms with Gasteiger partial charge in [-0.25, -0.2) is 0 Å². The molecule has 1 saturated carbocycles. The number of fused-ring (bicyclic) bond motifs is 3. The summed E-state index contributed by atoms with van der Waals surface area (Å²) in [6.07, 6.45) is 3.00. The van der Waals surface area contributed by atoms with Crippen molar-refractivity contribution < 1.29 is 14.6 Å². The van der Waals surface area contributed by atoms with Crippen LogP contribution in [0, 0.1) is 0 Å². The molecule has 2 fully saturated rings. The van der Waals surface area contributed by atoms with Crippen LogP contribution in [-0.2, 0) is 4.74 Å². The highest BCUT2D eigenvalue weighted by atomic mass is 16.5. The molecular formula is C12H13N3O4. The van der Waals surface area contributed by atoms with Crippen molar-refractivity contribution in [3.8, 4) is 5.75 Å². The predicted octanol–water partition coefficient (Wildman–Crippen LogP) is -0.558. The summed E-state index contributed by atoms with van der Waals surface area (Å²) in [7, 11) is 0. The number of carbonyl (C=O) groups excluding carboxylic acids is 1. The first kappa shape index (κ1) is 10.9. The maximum absolute atomic E-state index is 12.6. The number of morpholine rings is 1. The van der Waals surface area contributed by atoms with E-state index in [1.54, 1.807) is 4.90 Å². The third-order valence-corrected chi connectivity index (χ3v) is 4.08. The molecule has 0 bridgehead atoms. The Morgan fingerprint density at radius 2 is 2.21 bits per heavy atom. The fourth-order valence-electron chi connectivity index (χ4n) is 2.93. The number of hydrogen-bond acceptors (Lipinski definition) is 5. The standard InChI is InChI=1S/C12H13N3O4/c16-7-1-4-14-9(10(7)17)11(18)15-8(13-14)5-19-6-12(15)2-3-12/h1,4,8,13,17H,2-3,5-6H2. The minimum atomic E-state index is -0.544. The first-order valence-corrected chi connectivity index (χ1v) is 6.25. The lowest BCUT2D eigenvalue weighted by Crippen LogP contribution is -2.64. The summed E-state index contributed by atoms with van der Waals surface area (Å²) in [5.41, 5.74) is 2.30. The number of hydrogen-bond donors (Lipinski definition) is 2. The Morgan fingerprint density at radius 1 is 1.42 bits per heavy atom. The maximum Gasteiger partial charge on any atom is 0.278 e. The Bertz CT molecular complexity index is 634. The number of aromatic nitrogens is 1. The lowest BCUT2D eigenvalue weighted by Gasteiger charge is -2.46. The summed E-state index contributed by atoms with van der Waals surface area (Å²) < 4.78 is 6.95. The van der Waals surface area contributed by atoms with Crippen LogP contribution in [0.3, 0.4) is 0 Å². The second-order valence-corrected chi connectivity index (χ2v) is 5.31. The van der Waals surface area contributed by atoms with Crippen LogP contribution < -0.4 is 10.9 Å². The minimum absolute atomic E-state index is 0.0110. The summed E-state index contributed by atoms with van der Waals surface area (Å²) in [5.74, 6) is -0.805. The Hall–Kier alpha value is -2.02. The fraction of sp³-hybridized carbons (Fsp3) is 0.500. The average Bonchev–Trinajstić information content (AvgIpc) is 3.14. The van der Waals surface area contributed by atoms with Gasteiger partial charge in [0, 0.05) is 12.3 Å². The largest absolute Gasteiger partial charge is 0.502 e. The van der Waals surface area contributed by atoms with Gasteiger partial charge in [0.2, 0.25) is 5.43 Å². The molecule has 3 aliphatic rings. The number of rotatable bonds is 0. The molecule has 4 rings (SSSR count). The first-order chi connectivity index (χ1) is 9.12. The van der Waals surface area contributed by atoms with Gasteiger partial charge < -0.3 is 20.2 Å². The van der Waals surface area contributed by atoms with Crippen LogP contribution >= 0.6 is 0 Å². The highest BCUT2D eigenvalue weighted by molar-refractivity contribution is 5.97. The van der Waals surface area contributed by atoms with E-state index in [0.717, 1.165) is 12.8 Å². The molecule has 1 spiro atoms. The molecule has 1 atom stereocenters. The summed E-state index contributed by atoms with van der Waals surface area (Å²) in [5, 5.41) is 9.84. The van der Waals surface area contributed by atoms with E-state index < -0.39 is 11.2 Å². The zero-order valence-corrected chi connectivity index (χ0v) is 10.1. The molecule has 7 heteroatoms. The van der Waals surface area contributed by atoms with Crippen molar-refractivity contribution in [2.24, 2.45) is 0 Å². The molecule has 1 unspecified atom stereocenters. The second kappa shape index (κ2) is 3.30. The lowest BCUT2D eigenvalue weighted by molar-refractivity contribution is -0.0464. The lowest BCUT2D eigenvalue weighted by atomic mass is 10.1. The number of amides is 1. The van der Waals surface area contributed by atoms with E-state index in [4.69, 9.17) is 4.74 Å². The smallest absolute Gasteiger partial charge is 0.278 e. The molecule has 100 valence electrons. The second-order valence-electron chi connectivity index (χ2n) is 5.31. The van der Waals surface area contributed by atoms with E-state index in [2.05, 4.69) is 5.43 Å². The molecule has 1 amide bonds. The third kappa shape index (κ3) is 1.30. The van der Waals surface area contributed by atoms with Gasteiger partial charge in [0.25, 0.3) is 5.91 Å². The molecule has 2 N–H and O–H groups in total. The van der Waals surface area contributed by atoms with Crippen LogP contribution in [0.15, 0.2) is 17.1 Å². The zero-order valence-electron chi connectivity index (χ0n) is 10.1. The van der Waals surface area contributed by atoms with E-state index >= 15 is 0 Å². The molecule has 1 aromatic heterocycles. The predicted molar refractivity (Wildman–Crippen MR) is 64.5 cm³/mol. The molecule has 19 heavy (non-hydrogen) atoms. The van der Waals surface area contributed by atoms with Gasteiger partial charge in [0.1, 0.15) is 6.17 Å². The Morgan fingerprint density at radius 3 is 2.95 bits per heavy atom. The summed E-state index contributed by atoms with van der Waals surface area (Å²) in [6, 6.07) is 1.23. The first-order valence-electron chi connectivity index (χ1n) is 6.25. The van der Waals surface area contributed by atoms with Gasteiger partial charge in [-0.15, -0.1) is 0 Å². The monoisotopic (exact) mass is 263 g/mol. The average molecular weight is 263 g/mol. The van der Waals surface area contributed by atoms with Crippen LogP contribution in [0.2, 0.25) is 0 Å². The number of carbonyl (C=O) groups is 1. The maximum atomic E-state index is 12.6. The van der Waals surface area contributed by atoms with Gasteiger partial charge in [-0.05, 0) is 12.8 Å². The third-order valence-electron chi connectivity index (χ3n) is 4.08. The molecule has 1 aliphatic carbocycles. The highest BCUT2D eigenvalue weighted by Gasteiger charge is 2.57. The van der Waals surface area contributed by atoms with Gasteiger partial charge in [-0.3, -0.25) is 14.3 Å². The summed E-state index contributed by atoms with van der Waals surface area (Å²) >= 11 is 0. The molecule has 1 saturated heterocycles. The van der Waals surface area contributed by atoms with Crippen LogP contribution in [0.4, 0.5) is 0 Å². The van der Waals surface area contributed by atoms with Crippen molar-refractivity contribution in [1.82, 2.24) is 9.58 Å². The number of ether oxygens (including phenoxy) is 1. The van der Waals surface area contributed by atoms with Gasteiger partial charge in [-0.1, -0.05) is 0 Å². The molecule has 2 aliphatic heterocycles. The van der Waals surface area contributed by atoms with Crippen LogP contribution in [0.1, 0.15) is 23.3 Å². The van der Waals surface area contributed by atoms with Gasteiger partial charge in [-0.2, -0.15) is 0 Å². The summed E-state index contributed by atoms with van der Waals surface area (Å²) in [6.45, 7) is 0.925. The van der Waals surface area contributed by atoms with Crippen molar-refractivity contribution in [3.05, 3.63) is 28.2 Å². The SMILES string of the molecule is O=C1c2c(O)c(=O)ccn2NC2COCC3(CC3)N12. The molecule has 3 heterocycles. The zero-order chi connectivity index (χ0) is 13.2. The van der Waals surface area contributed by atoms with E-state index in [1.165, 1.54) is 16.9 Å². The summed E-state index contributed by atoms with van der Waals surface area (Å²) in [4.78, 5) is 25.8. The number of pyridine rings is 1. The van der Waals surface area contributed by atoms with E-state index in [9.17, 15) is 14.7 Å². The van der Waals surface area contributed by atoms with Crippen molar-refractivity contribution in [2.45, 2.75) is 24.5 Å². The van der Waals surface area contributed by atoms with Crippen molar-refractivity contribution >= 4 is 5.91 Å². The molecule has 0 radical (unpaired) electrons. The van der Waals surface area contributed by atoms with Crippen molar-refractivity contribution in [3.63, 3.8) is 0 Å². The molecular weight excluding hydrogens is 250 g/mol. The van der Waals surface area contributed by atoms with Gasteiger partial charge in [0.05, 0.1) is 18.8 Å². The van der Waals surface area contributed by atoms with Crippen LogP contribution in [0.5, 0.6) is 5.75 Å². The van der Waals surface area contributed by atoms with E-state index in [-0.39, 0.29) is 23.3 Å². The molecule has 7 nitrogen and oxygen atoms in total. The minimum Gasteiger partial charge on any atom is -0.502 e.